The summed E-state index contributed by atoms with van der Waals surface area (Å²) < 4.78 is 25.9. The Kier molecular flexibility index (Phi) is 2.81. The summed E-state index contributed by atoms with van der Waals surface area (Å²) in [4.78, 5) is 14.0. The lowest BCUT2D eigenvalue weighted by molar-refractivity contribution is -0.385. The van der Waals surface area contributed by atoms with E-state index in [1.165, 1.54) is 12.1 Å². The fourth-order valence-electron chi connectivity index (χ4n) is 1.63. The summed E-state index contributed by atoms with van der Waals surface area (Å²) >= 11 is 0. The summed E-state index contributed by atoms with van der Waals surface area (Å²) in [5.41, 5.74) is 0.110. The van der Waals surface area contributed by atoms with Crippen LogP contribution in [0.5, 0.6) is 0 Å². The fraction of sp³-hybridized carbons (Fsp3) is 0.300. The first-order valence-electron chi connectivity index (χ1n) is 5.20. The highest BCUT2D eigenvalue weighted by molar-refractivity contribution is 7.90. The highest BCUT2D eigenvalue weighted by Crippen LogP contribution is 2.27. The Morgan fingerprint density at radius 3 is 2.61 bits per heavy atom. The van der Waals surface area contributed by atoms with Crippen molar-refractivity contribution in [2.24, 2.45) is 4.99 Å². The van der Waals surface area contributed by atoms with Gasteiger partial charge >= 0.3 is 0 Å². The molecule has 1 aliphatic rings. The number of sulfonamides is 1. The van der Waals surface area contributed by atoms with Gasteiger partial charge in [0.1, 0.15) is 10.7 Å². The standard InChI is InChI=1S/C10H11N3O4S/c1-6(2)11-10-8-4-3-7(13(14)15)5-9(8)18(16,17)12-10/h3-6H,1-2H3,(H,11,12). The van der Waals surface area contributed by atoms with E-state index >= 15 is 0 Å². The van der Waals surface area contributed by atoms with Crippen molar-refractivity contribution in [2.75, 3.05) is 0 Å². The Balaban J connectivity index is 2.64. The largest absolute Gasteiger partial charge is 0.270 e. The number of hydrogen-bond donors (Lipinski definition) is 1. The van der Waals surface area contributed by atoms with Crippen LogP contribution in [0, 0.1) is 10.1 Å². The molecule has 0 saturated heterocycles. The molecular weight excluding hydrogens is 258 g/mol. The van der Waals surface area contributed by atoms with Crippen molar-refractivity contribution in [3.8, 4) is 0 Å². The van der Waals surface area contributed by atoms with Crippen molar-refractivity contribution >= 4 is 21.5 Å². The van der Waals surface area contributed by atoms with Crippen LogP contribution in [0.15, 0.2) is 28.1 Å². The number of nitro groups is 1. The molecule has 96 valence electrons. The van der Waals surface area contributed by atoms with Crippen LogP contribution >= 0.6 is 0 Å². The van der Waals surface area contributed by atoms with Crippen LogP contribution in [0.3, 0.4) is 0 Å². The summed E-state index contributed by atoms with van der Waals surface area (Å²) in [7, 11) is -3.74. The Bertz CT molecular complexity index is 649. The minimum atomic E-state index is -3.74. The molecule has 8 heteroatoms. The van der Waals surface area contributed by atoms with Crippen LogP contribution in [0.1, 0.15) is 19.4 Å². The maximum Gasteiger partial charge on any atom is 0.270 e. The van der Waals surface area contributed by atoms with Crippen LogP contribution in [0.4, 0.5) is 5.69 Å². The van der Waals surface area contributed by atoms with E-state index in [0.717, 1.165) is 6.07 Å². The van der Waals surface area contributed by atoms with Crippen LogP contribution in [0.25, 0.3) is 0 Å². The normalized spacial score (nSPS) is 18.7. The predicted octanol–water partition coefficient (Wildman–Crippen LogP) is 1.04. The monoisotopic (exact) mass is 269 g/mol. The second-order valence-corrected chi connectivity index (χ2v) is 5.77. The number of amidine groups is 1. The summed E-state index contributed by atoms with van der Waals surface area (Å²) in [5, 5.41) is 10.6. The van der Waals surface area contributed by atoms with Crippen LogP contribution < -0.4 is 4.72 Å². The second-order valence-electron chi connectivity index (χ2n) is 4.11. The molecule has 1 aromatic rings. The molecule has 0 bridgehead atoms. The number of nitrogens with zero attached hydrogens (tertiary/aromatic N) is 2. The smallest absolute Gasteiger partial charge is 0.264 e. The molecule has 0 fully saturated rings. The van der Waals surface area contributed by atoms with Gasteiger partial charge in [0.25, 0.3) is 15.7 Å². The van der Waals surface area contributed by atoms with Gasteiger partial charge in [0.15, 0.2) is 0 Å². The predicted molar refractivity (Wildman–Crippen MR) is 65.1 cm³/mol. The van der Waals surface area contributed by atoms with Crippen molar-refractivity contribution in [1.29, 1.82) is 0 Å². The first kappa shape index (κ1) is 12.5. The maximum absolute atomic E-state index is 11.8. The van der Waals surface area contributed by atoms with E-state index in [0.29, 0.717) is 5.56 Å². The minimum Gasteiger partial charge on any atom is -0.264 e. The molecule has 1 heterocycles. The van der Waals surface area contributed by atoms with Crippen molar-refractivity contribution in [1.82, 2.24) is 4.72 Å². The summed E-state index contributed by atoms with van der Waals surface area (Å²) in [6, 6.07) is 3.62. The highest BCUT2D eigenvalue weighted by atomic mass is 32.2. The Labute approximate surface area is 104 Å². The van der Waals surface area contributed by atoms with E-state index in [9.17, 15) is 18.5 Å². The quantitative estimate of drug-likeness (QED) is 0.640. The van der Waals surface area contributed by atoms with Gasteiger partial charge in [-0.3, -0.25) is 19.8 Å². The van der Waals surface area contributed by atoms with Gasteiger partial charge in [0.05, 0.1) is 4.92 Å². The van der Waals surface area contributed by atoms with Gasteiger partial charge in [0.2, 0.25) is 0 Å². The van der Waals surface area contributed by atoms with Gasteiger partial charge in [-0.25, -0.2) is 8.42 Å². The molecule has 18 heavy (non-hydrogen) atoms. The summed E-state index contributed by atoms with van der Waals surface area (Å²) in [5.74, 6) is 0.231. The van der Waals surface area contributed by atoms with E-state index in [1.807, 2.05) is 13.8 Å². The molecule has 1 aromatic carbocycles. The number of hydrogen-bond acceptors (Lipinski definition) is 5. The molecule has 0 spiro atoms. The average molecular weight is 269 g/mol. The Morgan fingerprint density at radius 2 is 2.06 bits per heavy atom. The second kappa shape index (κ2) is 4.05. The molecule has 0 saturated carbocycles. The zero-order valence-corrected chi connectivity index (χ0v) is 10.6. The van der Waals surface area contributed by atoms with Crippen molar-refractivity contribution in [3.05, 3.63) is 33.9 Å². The third-order valence-electron chi connectivity index (χ3n) is 2.34. The molecule has 0 atom stereocenters. The molecule has 0 aromatic heterocycles. The number of benzene rings is 1. The summed E-state index contributed by atoms with van der Waals surface area (Å²) in [6.45, 7) is 3.62. The van der Waals surface area contributed by atoms with Gasteiger partial charge in [-0.2, -0.15) is 0 Å². The minimum absolute atomic E-state index is 0.0798. The molecule has 7 nitrogen and oxygen atoms in total. The topological polar surface area (TPSA) is 102 Å². The molecule has 0 amide bonds. The molecule has 0 unspecified atom stereocenters. The molecule has 0 aliphatic carbocycles. The van der Waals surface area contributed by atoms with Gasteiger partial charge in [-0.15, -0.1) is 0 Å². The number of rotatable bonds is 2. The molecule has 0 radical (unpaired) electrons. The van der Waals surface area contributed by atoms with Crippen molar-refractivity contribution in [2.45, 2.75) is 24.8 Å². The molecule has 2 rings (SSSR count). The van der Waals surface area contributed by atoms with E-state index in [1.54, 1.807) is 0 Å². The zero-order chi connectivity index (χ0) is 13.5. The molecule has 1 aliphatic heterocycles. The van der Waals surface area contributed by atoms with Gasteiger partial charge < -0.3 is 0 Å². The lowest BCUT2D eigenvalue weighted by atomic mass is 10.2. The van der Waals surface area contributed by atoms with Crippen LogP contribution in [-0.2, 0) is 10.0 Å². The van der Waals surface area contributed by atoms with Crippen LogP contribution in [-0.4, -0.2) is 25.2 Å². The highest BCUT2D eigenvalue weighted by Gasteiger charge is 2.32. The number of fused-ring (bicyclic) bond motifs is 1. The fourth-order valence-corrected chi connectivity index (χ4v) is 2.89. The van der Waals surface area contributed by atoms with Gasteiger partial charge in [-0.1, -0.05) is 0 Å². The lowest BCUT2D eigenvalue weighted by Crippen LogP contribution is -2.23. The zero-order valence-electron chi connectivity index (χ0n) is 9.75. The summed E-state index contributed by atoms with van der Waals surface area (Å²) in [6.07, 6.45) is 0. The Hall–Kier alpha value is -1.96. The average Bonchev–Trinajstić information content (AvgIpc) is 2.49. The third-order valence-corrected chi connectivity index (χ3v) is 3.72. The number of non-ortho nitro benzene ring substituents is 1. The number of aliphatic imine (C=N–C) groups is 1. The SMILES string of the molecule is CC(C)N=C1NS(=O)(=O)c2cc([N+](=O)[O-])ccc21. The first-order chi connectivity index (χ1) is 8.31. The van der Waals surface area contributed by atoms with E-state index in [2.05, 4.69) is 9.71 Å². The van der Waals surface area contributed by atoms with Gasteiger partial charge in [-0.05, 0) is 19.9 Å². The molecule has 1 N–H and O–H groups in total. The van der Waals surface area contributed by atoms with Crippen molar-refractivity contribution < 1.29 is 13.3 Å². The van der Waals surface area contributed by atoms with Crippen molar-refractivity contribution in [3.63, 3.8) is 0 Å². The lowest BCUT2D eigenvalue weighted by Gasteiger charge is -2.00. The Morgan fingerprint density at radius 1 is 1.39 bits per heavy atom. The third kappa shape index (κ3) is 2.06. The van der Waals surface area contributed by atoms with E-state index in [4.69, 9.17) is 0 Å². The molecular formula is C10H11N3O4S. The maximum atomic E-state index is 11.8. The van der Waals surface area contributed by atoms with Gasteiger partial charge in [0, 0.05) is 23.7 Å². The number of nitro benzene ring substituents is 1. The van der Waals surface area contributed by atoms with E-state index in [-0.39, 0.29) is 22.5 Å². The number of nitrogens with one attached hydrogen (secondary N) is 1. The first-order valence-corrected chi connectivity index (χ1v) is 6.69. The van der Waals surface area contributed by atoms with E-state index < -0.39 is 14.9 Å². The van der Waals surface area contributed by atoms with Crippen LogP contribution in [0.2, 0.25) is 0 Å².